The number of fused-ring (bicyclic) bond motifs is 8. The van der Waals surface area contributed by atoms with E-state index < -0.39 is 11.2 Å². The van der Waals surface area contributed by atoms with E-state index in [-0.39, 0.29) is 0 Å². The Morgan fingerprint density at radius 2 is 1.41 bits per heavy atom. The van der Waals surface area contributed by atoms with E-state index in [9.17, 15) is 5.11 Å². The summed E-state index contributed by atoms with van der Waals surface area (Å²) in [7, 11) is 4.07. The van der Waals surface area contributed by atoms with Crippen molar-refractivity contribution in [2.75, 3.05) is 19.0 Å². The van der Waals surface area contributed by atoms with E-state index >= 15 is 0 Å². The number of hydrogen-bond donors (Lipinski definition) is 1. The molecule has 2 unspecified atom stereocenters. The zero-order valence-corrected chi connectivity index (χ0v) is 21.8. The summed E-state index contributed by atoms with van der Waals surface area (Å²) < 4.78 is 7.19. The van der Waals surface area contributed by atoms with Gasteiger partial charge in [0.2, 0.25) is 0 Å². The van der Waals surface area contributed by atoms with Gasteiger partial charge in [-0.3, -0.25) is 0 Å². The van der Waals surface area contributed by atoms with Crippen LogP contribution in [0.2, 0.25) is 0 Å². The number of ether oxygens (including phenoxy) is 1. The first-order chi connectivity index (χ1) is 19.0. The van der Waals surface area contributed by atoms with E-state index in [4.69, 9.17) is 11.2 Å². The van der Waals surface area contributed by atoms with E-state index in [1.807, 2.05) is 68.7 Å². The maximum absolute atomic E-state index is 12.0. The molecule has 0 radical (unpaired) electrons. The minimum Gasteiger partial charge on any atom is -0.472 e. The molecule has 0 aromatic heterocycles. The Bertz CT molecular complexity index is 1830. The third kappa shape index (κ3) is 3.16. The van der Waals surface area contributed by atoms with Crippen molar-refractivity contribution in [3.63, 3.8) is 0 Å². The first-order valence-corrected chi connectivity index (χ1v) is 13.1. The highest BCUT2D eigenvalue weighted by Gasteiger charge is 2.46. The van der Waals surface area contributed by atoms with E-state index in [2.05, 4.69) is 71.5 Å². The molecule has 7 rings (SSSR count). The van der Waals surface area contributed by atoms with Crippen LogP contribution in [0.15, 0.2) is 109 Å². The van der Waals surface area contributed by atoms with Gasteiger partial charge in [-0.15, -0.1) is 6.42 Å². The topological polar surface area (TPSA) is 32.7 Å². The van der Waals surface area contributed by atoms with Crippen LogP contribution >= 0.6 is 0 Å². The fourth-order valence-corrected chi connectivity index (χ4v) is 6.22. The van der Waals surface area contributed by atoms with Crippen LogP contribution in [-0.4, -0.2) is 19.2 Å². The molecule has 3 heteroatoms. The molecule has 0 fully saturated rings. The van der Waals surface area contributed by atoms with Crippen molar-refractivity contribution in [2.24, 2.45) is 0 Å². The molecule has 2 atom stereocenters. The molecular weight excluding hydrogens is 478 g/mol. The normalized spacial score (nSPS) is 20.5. The Morgan fingerprint density at radius 1 is 0.769 bits per heavy atom. The molecule has 0 bridgehead atoms. The predicted molar refractivity (Wildman–Crippen MR) is 159 cm³/mol. The van der Waals surface area contributed by atoms with Gasteiger partial charge in [0.15, 0.2) is 11.2 Å². The van der Waals surface area contributed by atoms with Crippen molar-refractivity contribution in [3.8, 4) is 29.2 Å². The van der Waals surface area contributed by atoms with E-state index in [0.29, 0.717) is 11.3 Å². The number of terminal acetylenes is 1. The smallest absolute Gasteiger partial charge is 0.178 e. The monoisotopic (exact) mass is 505 g/mol. The second-order valence-electron chi connectivity index (χ2n) is 10.4. The molecule has 3 nitrogen and oxygen atoms in total. The Hall–Kier alpha value is -4.78. The summed E-state index contributed by atoms with van der Waals surface area (Å²) in [6.07, 6.45) is 10.3. The Morgan fingerprint density at radius 3 is 2.13 bits per heavy atom. The van der Waals surface area contributed by atoms with Gasteiger partial charge in [0.05, 0.1) is 0 Å². The lowest BCUT2D eigenvalue weighted by atomic mass is 9.80. The van der Waals surface area contributed by atoms with Crippen LogP contribution in [0.5, 0.6) is 5.75 Å². The van der Waals surface area contributed by atoms with Crippen LogP contribution in [0.3, 0.4) is 0 Å². The van der Waals surface area contributed by atoms with Gasteiger partial charge in [0.25, 0.3) is 0 Å². The number of nitrogens with zero attached hydrogens (tertiary/aromatic N) is 1. The number of hydrogen-bond acceptors (Lipinski definition) is 3. The molecule has 5 aromatic carbocycles. The predicted octanol–water partition coefficient (Wildman–Crippen LogP) is 7.10. The molecule has 1 aliphatic carbocycles. The van der Waals surface area contributed by atoms with Gasteiger partial charge in [-0.1, -0.05) is 103 Å². The summed E-state index contributed by atoms with van der Waals surface area (Å²) in [5.74, 6) is 3.45. The summed E-state index contributed by atoms with van der Waals surface area (Å²) in [5.41, 5.74) is 4.90. The number of benzene rings is 5. The van der Waals surface area contributed by atoms with Crippen LogP contribution in [0.1, 0.15) is 27.8 Å². The van der Waals surface area contributed by atoms with E-state index in [1.54, 1.807) is 0 Å². The zero-order valence-electron chi connectivity index (χ0n) is 21.8. The Kier molecular flexibility index (Phi) is 5.01. The fourth-order valence-electron chi connectivity index (χ4n) is 6.22. The second kappa shape index (κ2) is 8.36. The third-order valence-electron chi connectivity index (χ3n) is 8.12. The van der Waals surface area contributed by atoms with Gasteiger partial charge in [-0.05, 0) is 34.7 Å². The van der Waals surface area contributed by atoms with Crippen molar-refractivity contribution < 1.29 is 9.84 Å². The van der Waals surface area contributed by atoms with Gasteiger partial charge < -0.3 is 14.7 Å². The lowest BCUT2D eigenvalue weighted by Gasteiger charge is -2.38. The molecule has 39 heavy (non-hydrogen) atoms. The third-order valence-corrected chi connectivity index (χ3v) is 8.12. The molecule has 0 spiro atoms. The van der Waals surface area contributed by atoms with Crippen LogP contribution in [0, 0.1) is 12.3 Å². The van der Waals surface area contributed by atoms with Crippen molar-refractivity contribution in [1.29, 1.82) is 0 Å². The van der Waals surface area contributed by atoms with Crippen LogP contribution in [-0.2, 0) is 11.2 Å². The van der Waals surface area contributed by atoms with Crippen molar-refractivity contribution in [1.82, 2.24) is 0 Å². The Labute approximate surface area is 228 Å². The zero-order chi connectivity index (χ0) is 26.8. The molecule has 0 saturated carbocycles. The van der Waals surface area contributed by atoms with E-state index in [0.717, 1.165) is 49.8 Å². The maximum atomic E-state index is 12.0. The number of aliphatic hydroxyl groups is 1. The average molecular weight is 506 g/mol. The number of rotatable bonds is 3. The van der Waals surface area contributed by atoms with Crippen LogP contribution in [0.4, 0.5) is 5.69 Å². The quantitative estimate of drug-likeness (QED) is 0.265. The van der Waals surface area contributed by atoms with Gasteiger partial charge >= 0.3 is 0 Å². The molecule has 188 valence electrons. The highest BCUT2D eigenvalue weighted by Crippen LogP contribution is 2.57. The molecular formula is C36H27NO2. The summed E-state index contributed by atoms with van der Waals surface area (Å²) in [4.78, 5) is 2.08. The van der Waals surface area contributed by atoms with Crippen LogP contribution < -0.4 is 9.64 Å². The highest BCUT2D eigenvalue weighted by atomic mass is 16.5. The fraction of sp³-hybridized carbons (Fsp3) is 0.111. The molecule has 1 heterocycles. The molecule has 5 aromatic rings. The lowest BCUT2D eigenvalue weighted by Crippen LogP contribution is -2.35. The summed E-state index contributed by atoms with van der Waals surface area (Å²) in [6, 6.07) is 34.9. The maximum Gasteiger partial charge on any atom is 0.178 e. The van der Waals surface area contributed by atoms with E-state index in [1.165, 1.54) is 0 Å². The van der Waals surface area contributed by atoms with Crippen LogP contribution in [0.25, 0.3) is 28.0 Å². The largest absolute Gasteiger partial charge is 0.472 e. The summed E-state index contributed by atoms with van der Waals surface area (Å²) in [5, 5.41) is 14.0. The summed E-state index contributed by atoms with van der Waals surface area (Å²) >= 11 is 0. The van der Waals surface area contributed by atoms with Gasteiger partial charge in [-0.2, -0.15) is 0 Å². The van der Waals surface area contributed by atoms with Gasteiger partial charge in [0.1, 0.15) is 5.75 Å². The minimum atomic E-state index is -1.56. The molecule has 1 aliphatic heterocycles. The SMILES string of the molecule is C#CC1(O)c2ccccc2-c2c1c1c(c3ccccc23)OC(c2ccccc2)(c2ccc(N(C)C)cc2)C=C1. The van der Waals surface area contributed by atoms with Gasteiger partial charge in [0, 0.05) is 53.0 Å². The standard InChI is InChI=1S/C36H27NO2/c1-4-35(38)31-17-11-10-16-29(31)32-27-14-8-9-15-28(27)34-30(33(32)35)22-23-36(39-34,24-12-6-5-7-13-24)25-18-20-26(21-19-25)37(2)3/h1,5-23,38H,2-3H3. The summed E-state index contributed by atoms with van der Waals surface area (Å²) in [6.45, 7) is 0. The average Bonchev–Trinajstić information content (AvgIpc) is 3.27. The molecule has 2 aliphatic rings. The van der Waals surface area contributed by atoms with Crippen molar-refractivity contribution in [3.05, 3.63) is 137 Å². The van der Waals surface area contributed by atoms with Crippen molar-refractivity contribution in [2.45, 2.75) is 11.2 Å². The second-order valence-corrected chi connectivity index (χ2v) is 10.4. The van der Waals surface area contributed by atoms with Crippen molar-refractivity contribution >= 4 is 22.5 Å². The molecule has 0 saturated heterocycles. The Balaban J connectivity index is 1.55. The minimum absolute atomic E-state index is 0.709. The molecule has 1 N–H and O–H groups in total. The van der Waals surface area contributed by atoms with Gasteiger partial charge in [-0.25, -0.2) is 0 Å². The molecule has 0 amide bonds. The highest BCUT2D eigenvalue weighted by molar-refractivity contribution is 6.08. The first kappa shape index (κ1) is 23.3. The first-order valence-electron chi connectivity index (χ1n) is 13.1. The lowest BCUT2D eigenvalue weighted by molar-refractivity contribution is 0.145. The number of anilines is 1.